The minimum absolute atomic E-state index is 0.200. The van der Waals surface area contributed by atoms with Crippen LogP contribution >= 0.6 is 0 Å². The summed E-state index contributed by atoms with van der Waals surface area (Å²) in [6, 6.07) is 9.17. The van der Waals surface area contributed by atoms with Gasteiger partial charge in [0.2, 0.25) is 0 Å². The minimum Gasteiger partial charge on any atom is -0.445 e. The van der Waals surface area contributed by atoms with Crippen molar-refractivity contribution in [2.45, 2.75) is 37.8 Å². The maximum absolute atomic E-state index is 12.3. The molecule has 1 amide bonds. The number of nitrogens with two attached hydrogens (primary N) is 1. The minimum atomic E-state index is -3.34. The Labute approximate surface area is 137 Å². The Bertz CT molecular complexity index is 633. The second-order valence-corrected chi connectivity index (χ2v) is 8.28. The molecule has 0 aromatic heterocycles. The van der Waals surface area contributed by atoms with Crippen molar-refractivity contribution in [1.29, 1.82) is 0 Å². The number of piperidine rings is 1. The summed E-state index contributed by atoms with van der Waals surface area (Å²) in [5.41, 5.74) is 6.79. The maximum atomic E-state index is 12.3. The molecule has 0 radical (unpaired) electrons. The molecule has 0 aliphatic carbocycles. The number of carbonyl (C=O) groups is 1. The highest BCUT2D eigenvalue weighted by Gasteiger charge is 2.38. The van der Waals surface area contributed by atoms with E-state index in [9.17, 15) is 13.2 Å². The van der Waals surface area contributed by atoms with Crippen molar-refractivity contribution < 1.29 is 17.9 Å². The number of sulfone groups is 1. The molecule has 0 saturated carbocycles. The first-order valence-corrected chi connectivity index (χ1v) is 9.68. The second-order valence-electron chi connectivity index (χ2n) is 6.07. The molecule has 2 N–H and O–H groups in total. The van der Waals surface area contributed by atoms with Gasteiger partial charge >= 0.3 is 6.09 Å². The Kier molecular flexibility index (Phi) is 5.64. The van der Waals surface area contributed by atoms with E-state index < -0.39 is 21.3 Å². The summed E-state index contributed by atoms with van der Waals surface area (Å²) in [6.45, 7) is 2.59. The normalized spacial score (nSPS) is 23.3. The van der Waals surface area contributed by atoms with Gasteiger partial charge in [0, 0.05) is 24.8 Å². The van der Waals surface area contributed by atoms with Crippen molar-refractivity contribution in [1.82, 2.24) is 4.90 Å². The molecule has 3 atom stereocenters. The molecule has 1 saturated heterocycles. The molecule has 23 heavy (non-hydrogen) atoms. The molecule has 1 fully saturated rings. The molecular formula is C16H24N2O4S. The SMILES string of the molecule is CC1C(C(N)S(C)(=O)=O)CCCN1C(=O)OCc1ccccc1. The number of ether oxygens (including phenoxy) is 1. The van der Waals surface area contributed by atoms with Gasteiger partial charge in [0.15, 0.2) is 9.84 Å². The second kappa shape index (κ2) is 7.31. The first-order valence-electron chi connectivity index (χ1n) is 7.72. The van der Waals surface area contributed by atoms with E-state index in [4.69, 9.17) is 10.5 Å². The lowest BCUT2D eigenvalue weighted by atomic mass is 9.90. The number of benzene rings is 1. The van der Waals surface area contributed by atoms with E-state index in [0.717, 1.165) is 18.2 Å². The summed E-state index contributed by atoms with van der Waals surface area (Å²) in [5.74, 6) is -0.275. The lowest BCUT2D eigenvalue weighted by molar-refractivity contribution is 0.0534. The summed E-state index contributed by atoms with van der Waals surface area (Å²) < 4.78 is 28.8. The van der Waals surface area contributed by atoms with E-state index in [1.165, 1.54) is 0 Å². The number of nitrogens with zero attached hydrogens (tertiary/aromatic N) is 1. The Balaban J connectivity index is 2.00. The number of carbonyl (C=O) groups excluding carboxylic acids is 1. The smallest absolute Gasteiger partial charge is 0.410 e. The molecule has 1 aliphatic rings. The van der Waals surface area contributed by atoms with Crippen LogP contribution in [0.4, 0.5) is 4.79 Å². The van der Waals surface area contributed by atoms with Crippen LogP contribution in [0.5, 0.6) is 0 Å². The molecule has 3 unspecified atom stereocenters. The fourth-order valence-electron chi connectivity index (χ4n) is 2.99. The van der Waals surface area contributed by atoms with Crippen LogP contribution in [0.2, 0.25) is 0 Å². The number of rotatable bonds is 4. The standard InChI is InChI=1S/C16H24N2O4S/c1-12-14(15(17)23(2,20)21)9-6-10-18(12)16(19)22-11-13-7-4-3-5-8-13/h3-5,7-8,12,14-15H,6,9-11,17H2,1-2H3. The highest BCUT2D eigenvalue weighted by atomic mass is 32.2. The summed E-state index contributed by atoms with van der Waals surface area (Å²) in [5, 5.41) is -0.956. The molecule has 2 rings (SSSR count). The first-order chi connectivity index (χ1) is 10.8. The van der Waals surface area contributed by atoms with Gasteiger partial charge < -0.3 is 15.4 Å². The van der Waals surface area contributed by atoms with E-state index in [1.54, 1.807) is 4.90 Å². The number of likely N-dealkylation sites (tertiary alicyclic amines) is 1. The molecule has 0 bridgehead atoms. The van der Waals surface area contributed by atoms with Gasteiger partial charge in [0.25, 0.3) is 0 Å². The lowest BCUT2D eigenvalue weighted by Gasteiger charge is -2.40. The third-order valence-corrected chi connectivity index (χ3v) is 5.74. The average Bonchev–Trinajstić information content (AvgIpc) is 2.52. The van der Waals surface area contributed by atoms with Gasteiger partial charge in [-0.25, -0.2) is 13.2 Å². The van der Waals surface area contributed by atoms with E-state index in [0.29, 0.717) is 13.0 Å². The number of hydrogen-bond donors (Lipinski definition) is 1. The van der Waals surface area contributed by atoms with Crippen molar-refractivity contribution in [3.8, 4) is 0 Å². The van der Waals surface area contributed by atoms with Crippen molar-refractivity contribution >= 4 is 15.9 Å². The molecule has 1 aromatic carbocycles. The van der Waals surface area contributed by atoms with Gasteiger partial charge in [-0.2, -0.15) is 0 Å². The van der Waals surface area contributed by atoms with Gasteiger partial charge in [0.1, 0.15) is 12.0 Å². The zero-order chi connectivity index (χ0) is 17.0. The third-order valence-electron chi connectivity index (χ3n) is 4.40. The number of amides is 1. The Hall–Kier alpha value is -1.60. The number of hydrogen-bond acceptors (Lipinski definition) is 5. The van der Waals surface area contributed by atoms with Crippen molar-refractivity contribution in [3.63, 3.8) is 0 Å². The van der Waals surface area contributed by atoms with Gasteiger partial charge in [-0.15, -0.1) is 0 Å². The highest BCUT2D eigenvalue weighted by molar-refractivity contribution is 7.91. The Morgan fingerprint density at radius 2 is 2.04 bits per heavy atom. The van der Waals surface area contributed by atoms with E-state index in [1.807, 2.05) is 37.3 Å². The predicted octanol–water partition coefficient (Wildman–Crippen LogP) is 1.75. The maximum Gasteiger partial charge on any atom is 0.410 e. The van der Waals surface area contributed by atoms with Crippen LogP contribution in [0, 0.1) is 5.92 Å². The van der Waals surface area contributed by atoms with Gasteiger partial charge in [-0.3, -0.25) is 0 Å². The summed E-state index contributed by atoms with van der Waals surface area (Å²) in [7, 11) is -3.34. The van der Waals surface area contributed by atoms with E-state index in [2.05, 4.69) is 0 Å². The quantitative estimate of drug-likeness (QED) is 0.902. The fourth-order valence-corrected chi connectivity index (χ4v) is 3.99. The van der Waals surface area contributed by atoms with Gasteiger partial charge in [0.05, 0.1) is 0 Å². The zero-order valence-corrected chi connectivity index (χ0v) is 14.3. The van der Waals surface area contributed by atoms with Crippen LogP contribution in [0.25, 0.3) is 0 Å². The largest absolute Gasteiger partial charge is 0.445 e. The van der Waals surface area contributed by atoms with Crippen LogP contribution in [0.3, 0.4) is 0 Å². The highest BCUT2D eigenvalue weighted by Crippen LogP contribution is 2.28. The molecule has 0 spiro atoms. The average molecular weight is 340 g/mol. The summed E-state index contributed by atoms with van der Waals surface area (Å²) >= 11 is 0. The molecule has 1 aliphatic heterocycles. The van der Waals surface area contributed by atoms with Crippen LogP contribution in [0.15, 0.2) is 30.3 Å². The van der Waals surface area contributed by atoms with E-state index in [-0.39, 0.29) is 18.6 Å². The molecule has 128 valence electrons. The zero-order valence-electron chi connectivity index (χ0n) is 13.5. The van der Waals surface area contributed by atoms with Crippen LogP contribution < -0.4 is 5.73 Å². The van der Waals surface area contributed by atoms with Crippen molar-refractivity contribution in [2.75, 3.05) is 12.8 Å². The van der Waals surface area contributed by atoms with Crippen LogP contribution in [-0.2, 0) is 21.2 Å². The third kappa shape index (κ3) is 4.45. The molecule has 6 nitrogen and oxygen atoms in total. The van der Waals surface area contributed by atoms with Crippen molar-refractivity contribution in [3.05, 3.63) is 35.9 Å². The van der Waals surface area contributed by atoms with Gasteiger partial charge in [-0.05, 0) is 25.3 Å². The molecular weight excluding hydrogens is 316 g/mol. The van der Waals surface area contributed by atoms with E-state index >= 15 is 0 Å². The first kappa shape index (κ1) is 17.7. The topological polar surface area (TPSA) is 89.7 Å². The van der Waals surface area contributed by atoms with Crippen LogP contribution in [-0.4, -0.2) is 43.6 Å². The van der Waals surface area contributed by atoms with Gasteiger partial charge in [-0.1, -0.05) is 30.3 Å². The summed E-state index contributed by atoms with van der Waals surface area (Å²) in [6.07, 6.45) is 2.12. The Morgan fingerprint density at radius 1 is 1.39 bits per heavy atom. The monoisotopic (exact) mass is 340 g/mol. The molecule has 1 heterocycles. The fraction of sp³-hybridized carbons (Fsp3) is 0.562. The Morgan fingerprint density at radius 3 is 2.65 bits per heavy atom. The van der Waals surface area contributed by atoms with Crippen LogP contribution in [0.1, 0.15) is 25.3 Å². The predicted molar refractivity (Wildman–Crippen MR) is 88.3 cm³/mol. The molecule has 1 aromatic rings. The van der Waals surface area contributed by atoms with Crippen molar-refractivity contribution in [2.24, 2.45) is 11.7 Å². The summed E-state index contributed by atoms with van der Waals surface area (Å²) in [4.78, 5) is 13.9. The lowest BCUT2D eigenvalue weighted by Crippen LogP contribution is -2.54. The molecule has 7 heteroatoms.